The van der Waals surface area contributed by atoms with E-state index in [1.807, 2.05) is 48.5 Å². The van der Waals surface area contributed by atoms with E-state index in [2.05, 4.69) is 31.2 Å². The normalized spacial score (nSPS) is 22.8. The van der Waals surface area contributed by atoms with E-state index in [9.17, 15) is 28.8 Å². The quantitative estimate of drug-likeness (QED) is 0.247. The average molecular weight is 654 g/mol. The van der Waals surface area contributed by atoms with Crippen LogP contribution in [0.3, 0.4) is 0 Å². The number of ketones is 1. The SMILES string of the molecule is CCC[C@H](NC(=O)[C@@H]1[C@H]2CCC[C@H]2CN1C(=O)[C@@H](NC(=O)C(NC(=O)c1cnccn1)C(C)(C)C)C(C)(C)C)C(=O)C(=O)NC1CC1. The number of carbonyl (C=O) groups excluding carboxylic acids is 6. The van der Waals surface area contributed by atoms with Crippen molar-refractivity contribution in [3.8, 4) is 0 Å². The number of likely N-dealkylation sites (tertiary alicyclic amines) is 1. The molecule has 4 rings (SSSR count). The molecule has 0 aromatic carbocycles. The van der Waals surface area contributed by atoms with E-state index >= 15 is 0 Å². The molecule has 1 saturated heterocycles. The van der Waals surface area contributed by atoms with E-state index in [0.29, 0.717) is 19.4 Å². The molecule has 47 heavy (non-hydrogen) atoms. The molecule has 13 nitrogen and oxygen atoms in total. The molecule has 0 bridgehead atoms. The molecular formula is C34H51N7O6. The molecule has 1 aliphatic heterocycles. The zero-order valence-corrected chi connectivity index (χ0v) is 28.7. The first-order chi connectivity index (χ1) is 22.0. The van der Waals surface area contributed by atoms with Crippen molar-refractivity contribution in [1.82, 2.24) is 36.1 Å². The Labute approximate surface area is 277 Å². The minimum atomic E-state index is -1.03. The highest BCUT2D eigenvalue weighted by molar-refractivity contribution is 6.38. The fraction of sp³-hybridized carbons (Fsp3) is 0.706. The summed E-state index contributed by atoms with van der Waals surface area (Å²) in [6, 6.07) is -3.87. The summed E-state index contributed by atoms with van der Waals surface area (Å²) in [5.41, 5.74) is -1.43. The Kier molecular flexibility index (Phi) is 11.1. The van der Waals surface area contributed by atoms with Gasteiger partial charge in [0.15, 0.2) is 0 Å². The van der Waals surface area contributed by atoms with Crippen LogP contribution in [-0.4, -0.2) is 86.9 Å². The van der Waals surface area contributed by atoms with Gasteiger partial charge in [-0.2, -0.15) is 0 Å². The average Bonchev–Trinajstić information content (AvgIpc) is 3.57. The number of amides is 5. The minimum Gasteiger partial charge on any atom is -0.347 e. The van der Waals surface area contributed by atoms with Crippen LogP contribution < -0.4 is 21.3 Å². The molecule has 1 unspecified atom stereocenters. The molecule has 2 aliphatic carbocycles. The van der Waals surface area contributed by atoms with Crippen molar-refractivity contribution in [3.05, 3.63) is 24.3 Å². The Bertz CT molecular complexity index is 1350. The summed E-state index contributed by atoms with van der Waals surface area (Å²) in [7, 11) is 0. The van der Waals surface area contributed by atoms with Gasteiger partial charge in [-0.05, 0) is 54.8 Å². The van der Waals surface area contributed by atoms with Crippen molar-refractivity contribution in [2.45, 2.75) is 124 Å². The molecule has 13 heteroatoms. The third-order valence-electron chi connectivity index (χ3n) is 9.39. The zero-order chi connectivity index (χ0) is 34.7. The van der Waals surface area contributed by atoms with Crippen molar-refractivity contribution < 1.29 is 28.8 Å². The summed E-state index contributed by atoms with van der Waals surface area (Å²) in [5, 5.41) is 11.2. The van der Waals surface area contributed by atoms with Gasteiger partial charge in [-0.25, -0.2) is 4.98 Å². The second-order valence-corrected chi connectivity index (χ2v) is 15.4. The molecule has 5 amide bonds. The summed E-state index contributed by atoms with van der Waals surface area (Å²) >= 11 is 0. The van der Waals surface area contributed by atoms with Gasteiger partial charge >= 0.3 is 0 Å². The van der Waals surface area contributed by atoms with Gasteiger partial charge in [0.1, 0.15) is 23.8 Å². The van der Waals surface area contributed by atoms with Crippen LogP contribution in [0.1, 0.15) is 104 Å². The summed E-state index contributed by atoms with van der Waals surface area (Å²) in [6.45, 7) is 13.2. The molecule has 6 atom stereocenters. The Hall–Kier alpha value is -3.90. The van der Waals surface area contributed by atoms with E-state index in [4.69, 9.17) is 0 Å². The Morgan fingerprint density at radius 2 is 1.57 bits per heavy atom. The van der Waals surface area contributed by atoms with Crippen molar-refractivity contribution >= 4 is 35.3 Å². The van der Waals surface area contributed by atoms with Crippen LogP contribution in [0.5, 0.6) is 0 Å². The van der Waals surface area contributed by atoms with Crippen molar-refractivity contribution in [2.75, 3.05) is 6.54 Å². The Morgan fingerprint density at radius 3 is 2.15 bits per heavy atom. The number of nitrogens with zero attached hydrogens (tertiary/aromatic N) is 3. The monoisotopic (exact) mass is 653 g/mol. The number of rotatable bonds is 12. The standard InChI is InChI=1S/C34H51N7O6/c1-8-10-22(25(42)30(45)37-20-13-14-20)38-29(44)24-21-12-9-11-19(21)18-41(24)32(47)27(34(5,6)7)40-31(46)26(33(2,3)4)39-28(43)23-17-35-15-16-36-23/h15-17,19-22,24,26-27H,8-14,18H2,1-7H3,(H,37,45)(H,38,44)(H,39,43)(H,40,46)/t19-,21-,22-,24-,26?,27+/m0/s1. The predicted molar refractivity (Wildman–Crippen MR) is 173 cm³/mol. The first kappa shape index (κ1) is 35.9. The summed E-state index contributed by atoms with van der Waals surface area (Å²) < 4.78 is 0. The number of nitrogens with one attached hydrogen (secondary N) is 4. The van der Waals surface area contributed by atoms with Gasteiger partial charge in [0, 0.05) is 25.0 Å². The number of aromatic nitrogens is 2. The predicted octanol–water partition coefficient (Wildman–Crippen LogP) is 1.91. The third-order valence-corrected chi connectivity index (χ3v) is 9.39. The minimum absolute atomic E-state index is 0.00868. The number of carbonyl (C=O) groups is 6. The van der Waals surface area contributed by atoms with Gasteiger partial charge in [0.2, 0.25) is 23.5 Å². The fourth-order valence-corrected chi connectivity index (χ4v) is 6.66. The van der Waals surface area contributed by atoms with Gasteiger partial charge < -0.3 is 26.2 Å². The van der Waals surface area contributed by atoms with Crippen LogP contribution in [0.15, 0.2) is 18.6 Å². The molecule has 4 N–H and O–H groups in total. The van der Waals surface area contributed by atoms with E-state index in [-0.39, 0.29) is 23.6 Å². The maximum absolute atomic E-state index is 14.5. The highest BCUT2D eigenvalue weighted by atomic mass is 16.2. The lowest BCUT2D eigenvalue weighted by Crippen LogP contribution is -2.63. The fourth-order valence-electron chi connectivity index (χ4n) is 6.66. The molecule has 1 aromatic heterocycles. The smallest absolute Gasteiger partial charge is 0.289 e. The number of hydrogen-bond acceptors (Lipinski definition) is 8. The maximum atomic E-state index is 14.5. The lowest BCUT2D eigenvalue weighted by Gasteiger charge is -2.38. The van der Waals surface area contributed by atoms with E-state index < -0.39 is 70.3 Å². The van der Waals surface area contributed by atoms with Crippen molar-refractivity contribution in [1.29, 1.82) is 0 Å². The molecule has 258 valence electrons. The molecule has 1 aromatic rings. The van der Waals surface area contributed by atoms with Crippen LogP contribution in [0.25, 0.3) is 0 Å². The summed E-state index contributed by atoms with van der Waals surface area (Å²) in [6.07, 6.45) is 9.24. The molecule has 0 spiro atoms. The van der Waals surface area contributed by atoms with E-state index in [1.165, 1.54) is 18.6 Å². The first-order valence-corrected chi connectivity index (χ1v) is 16.9. The van der Waals surface area contributed by atoms with Crippen molar-refractivity contribution in [2.24, 2.45) is 22.7 Å². The lowest BCUT2D eigenvalue weighted by molar-refractivity contribution is -0.146. The highest BCUT2D eigenvalue weighted by Gasteiger charge is 2.52. The molecule has 2 heterocycles. The zero-order valence-electron chi connectivity index (χ0n) is 28.7. The van der Waals surface area contributed by atoms with Crippen LogP contribution in [0.4, 0.5) is 0 Å². The van der Waals surface area contributed by atoms with Gasteiger partial charge in [0.05, 0.1) is 12.2 Å². The maximum Gasteiger partial charge on any atom is 0.289 e. The summed E-state index contributed by atoms with van der Waals surface area (Å²) in [4.78, 5) is 90.5. The Balaban J connectivity index is 1.55. The molecule has 3 aliphatic rings. The van der Waals surface area contributed by atoms with Crippen LogP contribution >= 0.6 is 0 Å². The molecule has 3 fully saturated rings. The second kappa shape index (κ2) is 14.5. The van der Waals surface area contributed by atoms with Crippen LogP contribution in [0, 0.1) is 22.7 Å². The molecule has 0 radical (unpaired) electrons. The third kappa shape index (κ3) is 8.72. The number of fused-ring (bicyclic) bond motifs is 1. The molecular weight excluding hydrogens is 602 g/mol. The lowest BCUT2D eigenvalue weighted by atomic mass is 9.82. The first-order valence-electron chi connectivity index (χ1n) is 16.9. The molecule has 2 saturated carbocycles. The largest absolute Gasteiger partial charge is 0.347 e. The van der Waals surface area contributed by atoms with E-state index in [1.54, 1.807) is 4.90 Å². The number of hydrogen-bond donors (Lipinski definition) is 4. The van der Waals surface area contributed by atoms with Crippen LogP contribution in [-0.2, 0) is 24.0 Å². The summed E-state index contributed by atoms with van der Waals surface area (Å²) in [5.74, 6) is -3.34. The second-order valence-electron chi connectivity index (χ2n) is 15.4. The number of Topliss-reactive ketones (excluding diaryl/α,β-unsaturated/α-hetero) is 1. The van der Waals surface area contributed by atoms with Gasteiger partial charge in [-0.15, -0.1) is 0 Å². The van der Waals surface area contributed by atoms with Gasteiger partial charge in [0.25, 0.3) is 11.8 Å². The highest BCUT2D eigenvalue weighted by Crippen LogP contribution is 2.43. The van der Waals surface area contributed by atoms with Crippen molar-refractivity contribution in [3.63, 3.8) is 0 Å². The van der Waals surface area contributed by atoms with E-state index in [0.717, 1.165) is 32.1 Å². The van der Waals surface area contributed by atoms with Gasteiger partial charge in [-0.1, -0.05) is 61.3 Å². The Morgan fingerprint density at radius 1 is 0.894 bits per heavy atom. The topological polar surface area (TPSA) is 180 Å². The van der Waals surface area contributed by atoms with Gasteiger partial charge in [-0.3, -0.25) is 33.8 Å². The van der Waals surface area contributed by atoms with Crippen LogP contribution in [0.2, 0.25) is 0 Å².